The minimum atomic E-state index is -2.90. The highest BCUT2D eigenvalue weighted by atomic mass is 32.2. The average Bonchev–Trinajstić information content (AvgIpc) is 2.59. The van der Waals surface area contributed by atoms with Gasteiger partial charge in [0.05, 0.1) is 17.6 Å². The summed E-state index contributed by atoms with van der Waals surface area (Å²) in [5.41, 5.74) is 1.86. The number of aliphatic hydroxyl groups excluding tert-OH is 1. The van der Waals surface area contributed by atoms with Crippen LogP contribution in [0.2, 0.25) is 0 Å². The summed E-state index contributed by atoms with van der Waals surface area (Å²) in [4.78, 5) is 2.08. The van der Waals surface area contributed by atoms with Gasteiger partial charge in [0.25, 0.3) is 0 Å². The Hall–Kier alpha value is -1.07. The molecule has 0 unspecified atom stereocenters. The minimum Gasteiger partial charge on any atom is -0.388 e. The van der Waals surface area contributed by atoms with Crippen LogP contribution in [0.1, 0.15) is 31.4 Å². The van der Waals surface area contributed by atoms with Crippen LogP contribution in [0, 0.1) is 0 Å². The molecule has 0 spiro atoms. The molecule has 1 aromatic carbocycles. The summed E-state index contributed by atoms with van der Waals surface area (Å²) in [6.07, 6.45) is 0.818. The Morgan fingerprint density at radius 3 is 2.74 bits per heavy atom. The van der Waals surface area contributed by atoms with Gasteiger partial charge >= 0.3 is 0 Å². The molecule has 2 rings (SSSR count). The van der Waals surface area contributed by atoms with Crippen LogP contribution in [0.15, 0.2) is 24.3 Å². The van der Waals surface area contributed by atoms with Crippen molar-refractivity contribution in [3.05, 3.63) is 29.8 Å². The van der Waals surface area contributed by atoms with Gasteiger partial charge in [-0.25, -0.2) is 8.42 Å². The fourth-order valence-corrected chi connectivity index (χ4v) is 3.73. The molecular weight excluding hydrogens is 262 g/mol. The fourth-order valence-electron chi connectivity index (χ4n) is 2.46. The van der Waals surface area contributed by atoms with Crippen LogP contribution < -0.4 is 4.90 Å². The second-order valence-electron chi connectivity index (χ2n) is 4.98. The molecule has 1 aromatic rings. The summed E-state index contributed by atoms with van der Waals surface area (Å²) >= 11 is 0. The van der Waals surface area contributed by atoms with Gasteiger partial charge in [0.2, 0.25) is 0 Å². The highest BCUT2D eigenvalue weighted by molar-refractivity contribution is 7.91. The standard InChI is InChI=1S/C14H21NO3S/c1-2-14(16)12-6-3-4-7-13(12)15-8-5-10-19(17,18)11-9-15/h3-4,6-7,14,16H,2,5,8-11H2,1H3/t14-/m1/s1. The monoisotopic (exact) mass is 283 g/mol. The first-order valence-corrected chi connectivity index (χ1v) is 8.58. The number of sulfone groups is 1. The van der Waals surface area contributed by atoms with Crippen molar-refractivity contribution < 1.29 is 13.5 Å². The van der Waals surface area contributed by atoms with Crippen LogP contribution >= 0.6 is 0 Å². The first-order chi connectivity index (χ1) is 9.03. The summed E-state index contributed by atoms with van der Waals surface area (Å²) in [5.74, 6) is 0.464. The molecule has 5 heteroatoms. The third kappa shape index (κ3) is 3.48. The summed E-state index contributed by atoms with van der Waals surface area (Å²) in [6, 6.07) is 7.72. The molecule has 0 saturated carbocycles. The van der Waals surface area contributed by atoms with E-state index in [1.807, 2.05) is 31.2 Å². The van der Waals surface area contributed by atoms with Crippen molar-refractivity contribution in [1.29, 1.82) is 0 Å². The lowest BCUT2D eigenvalue weighted by Crippen LogP contribution is -2.28. The number of nitrogens with zero attached hydrogens (tertiary/aromatic N) is 1. The lowest BCUT2D eigenvalue weighted by molar-refractivity contribution is 0.174. The minimum absolute atomic E-state index is 0.198. The third-order valence-corrected chi connectivity index (χ3v) is 5.29. The Morgan fingerprint density at radius 2 is 2.00 bits per heavy atom. The van der Waals surface area contributed by atoms with E-state index in [0.717, 1.165) is 17.8 Å². The Bertz CT molecular complexity index is 527. The van der Waals surface area contributed by atoms with E-state index in [1.165, 1.54) is 0 Å². The van der Waals surface area contributed by atoms with Crippen LogP contribution in [0.5, 0.6) is 0 Å². The van der Waals surface area contributed by atoms with Crippen LogP contribution in [-0.2, 0) is 9.84 Å². The van der Waals surface area contributed by atoms with Gasteiger partial charge in [0, 0.05) is 24.3 Å². The predicted octanol–water partition coefficient (Wildman–Crippen LogP) is 1.75. The normalized spacial score (nSPS) is 20.8. The molecule has 4 nitrogen and oxygen atoms in total. The van der Waals surface area contributed by atoms with Gasteiger partial charge in [-0.05, 0) is 18.9 Å². The summed E-state index contributed by atoms with van der Waals surface area (Å²) < 4.78 is 23.3. The number of aliphatic hydroxyl groups is 1. The van der Waals surface area contributed by atoms with E-state index in [2.05, 4.69) is 4.90 Å². The van der Waals surface area contributed by atoms with E-state index < -0.39 is 15.9 Å². The highest BCUT2D eigenvalue weighted by Gasteiger charge is 2.22. The van der Waals surface area contributed by atoms with Gasteiger partial charge in [0.15, 0.2) is 9.84 Å². The van der Waals surface area contributed by atoms with Crippen LogP contribution in [0.25, 0.3) is 0 Å². The SMILES string of the molecule is CC[C@@H](O)c1ccccc1N1CCCS(=O)(=O)CC1. The van der Waals surface area contributed by atoms with E-state index in [4.69, 9.17) is 0 Å². The first kappa shape index (κ1) is 14.3. The first-order valence-electron chi connectivity index (χ1n) is 6.76. The van der Waals surface area contributed by atoms with Gasteiger partial charge in [-0.15, -0.1) is 0 Å². The van der Waals surface area contributed by atoms with Crippen molar-refractivity contribution in [1.82, 2.24) is 0 Å². The average molecular weight is 283 g/mol. The lowest BCUT2D eigenvalue weighted by Gasteiger charge is -2.26. The quantitative estimate of drug-likeness (QED) is 0.918. The van der Waals surface area contributed by atoms with Gasteiger partial charge in [0.1, 0.15) is 0 Å². The van der Waals surface area contributed by atoms with Crippen LogP contribution in [0.3, 0.4) is 0 Å². The second kappa shape index (κ2) is 5.92. The van der Waals surface area contributed by atoms with E-state index in [-0.39, 0.29) is 11.5 Å². The zero-order valence-corrected chi connectivity index (χ0v) is 12.1. The highest BCUT2D eigenvalue weighted by Crippen LogP contribution is 2.29. The lowest BCUT2D eigenvalue weighted by atomic mass is 10.0. The van der Waals surface area contributed by atoms with Crippen molar-refractivity contribution in [3.63, 3.8) is 0 Å². The van der Waals surface area contributed by atoms with E-state index in [9.17, 15) is 13.5 Å². The van der Waals surface area contributed by atoms with Crippen molar-refractivity contribution in [2.24, 2.45) is 0 Å². The van der Waals surface area contributed by atoms with E-state index in [1.54, 1.807) is 0 Å². The van der Waals surface area contributed by atoms with Crippen molar-refractivity contribution in [3.8, 4) is 0 Å². The largest absolute Gasteiger partial charge is 0.388 e. The fraction of sp³-hybridized carbons (Fsp3) is 0.571. The Labute approximate surface area is 115 Å². The molecule has 0 bridgehead atoms. The van der Waals surface area contributed by atoms with Crippen molar-refractivity contribution >= 4 is 15.5 Å². The predicted molar refractivity (Wildman–Crippen MR) is 77.2 cm³/mol. The Morgan fingerprint density at radius 1 is 1.26 bits per heavy atom. The molecule has 1 aliphatic heterocycles. The molecule has 1 heterocycles. The maximum absolute atomic E-state index is 11.6. The molecule has 19 heavy (non-hydrogen) atoms. The molecule has 1 atom stereocenters. The number of para-hydroxylation sites is 1. The molecule has 1 aliphatic rings. The van der Waals surface area contributed by atoms with Gasteiger partial charge in [-0.1, -0.05) is 25.1 Å². The molecule has 0 radical (unpaired) electrons. The molecule has 0 amide bonds. The van der Waals surface area contributed by atoms with Crippen molar-refractivity contribution in [2.75, 3.05) is 29.5 Å². The third-order valence-electron chi connectivity index (χ3n) is 3.58. The second-order valence-corrected chi connectivity index (χ2v) is 7.28. The molecule has 106 valence electrons. The van der Waals surface area contributed by atoms with Crippen molar-refractivity contribution in [2.45, 2.75) is 25.9 Å². The number of anilines is 1. The van der Waals surface area contributed by atoms with Gasteiger partial charge in [-0.3, -0.25) is 0 Å². The smallest absolute Gasteiger partial charge is 0.152 e. The maximum atomic E-state index is 11.6. The molecule has 0 aliphatic carbocycles. The molecular formula is C14H21NO3S. The van der Waals surface area contributed by atoms with Crippen LogP contribution in [0.4, 0.5) is 5.69 Å². The van der Waals surface area contributed by atoms with E-state index in [0.29, 0.717) is 19.4 Å². The Balaban J connectivity index is 2.26. The molecule has 1 N–H and O–H groups in total. The van der Waals surface area contributed by atoms with Gasteiger partial charge < -0.3 is 10.0 Å². The summed E-state index contributed by atoms with van der Waals surface area (Å²) in [7, 11) is -2.90. The van der Waals surface area contributed by atoms with Crippen LogP contribution in [-0.4, -0.2) is 38.1 Å². The molecule has 0 aromatic heterocycles. The maximum Gasteiger partial charge on any atom is 0.152 e. The summed E-state index contributed by atoms with van der Waals surface area (Å²) in [6.45, 7) is 3.18. The Kier molecular flexibility index (Phi) is 4.47. The topological polar surface area (TPSA) is 57.6 Å². The van der Waals surface area contributed by atoms with Gasteiger partial charge in [-0.2, -0.15) is 0 Å². The number of benzene rings is 1. The zero-order valence-electron chi connectivity index (χ0n) is 11.2. The molecule has 1 fully saturated rings. The molecule has 1 saturated heterocycles. The number of hydrogen-bond donors (Lipinski definition) is 1. The zero-order chi connectivity index (χ0) is 13.9. The summed E-state index contributed by atoms with van der Waals surface area (Å²) in [5, 5.41) is 10.1. The van der Waals surface area contributed by atoms with E-state index >= 15 is 0 Å². The number of hydrogen-bond acceptors (Lipinski definition) is 4. The number of rotatable bonds is 3.